The number of amides is 1. The maximum Gasteiger partial charge on any atom is 0.250 e. The zero-order chi connectivity index (χ0) is 13.1. The summed E-state index contributed by atoms with van der Waals surface area (Å²) < 4.78 is 0. The Balaban J connectivity index is 2.37. The van der Waals surface area contributed by atoms with Crippen LogP contribution >= 0.6 is 23.2 Å². The molecule has 0 atom stereocenters. The third kappa shape index (κ3) is 2.94. The standard InChI is InChI=1S/C13H10Cl2N2O/c14-8-5-9(15)7-10(6-8)17-12-4-2-1-3-11(12)13(16)18/h1-7,17H,(H2,16,18). The highest BCUT2D eigenvalue weighted by Gasteiger charge is 2.07. The molecule has 0 heterocycles. The van der Waals surface area contributed by atoms with E-state index in [1.165, 1.54) is 0 Å². The van der Waals surface area contributed by atoms with E-state index >= 15 is 0 Å². The van der Waals surface area contributed by atoms with Crippen LogP contribution < -0.4 is 11.1 Å². The molecule has 5 heteroatoms. The van der Waals surface area contributed by atoms with Crippen molar-refractivity contribution in [1.29, 1.82) is 0 Å². The van der Waals surface area contributed by atoms with Gasteiger partial charge in [-0.1, -0.05) is 35.3 Å². The highest BCUT2D eigenvalue weighted by atomic mass is 35.5. The number of hydrogen-bond donors (Lipinski definition) is 2. The monoisotopic (exact) mass is 280 g/mol. The van der Waals surface area contributed by atoms with Gasteiger partial charge in [0, 0.05) is 15.7 Å². The molecule has 0 saturated heterocycles. The Labute approximate surface area is 115 Å². The number of anilines is 2. The quantitative estimate of drug-likeness (QED) is 0.898. The number of halogens is 2. The Morgan fingerprint density at radius 3 is 2.28 bits per heavy atom. The summed E-state index contributed by atoms with van der Waals surface area (Å²) in [5.41, 5.74) is 7.02. The molecular weight excluding hydrogens is 271 g/mol. The Kier molecular flexibility index (Phi) is 3.75. The Morgan fingerprint density at radius 1 is 1.06 bits per heavy atom. The number of para-hydroxylation sites is 1. The van der Waals surface area contributed by atoms with Crippen molar-refractivity contribution in [3.8, 4) is 0 Å². The highest BCUT2D eigenvalue weighted by molar-refractivity contribution is 6.35. The zero-order valence-corrected chi connectivity index (χ0v) is 10.8. The second-order valence-corrected chi connectivity index (χ2v) is 4.57. The molecular formula is C13H10Cl2N2O. The van der Waals surface area contributed by atoms with Crippen LogP contribution in [0.15, 0.2) is 42.5 Å². The van der Waals surface area contributed by atoms with Gasteiger partial charge in [-0.15, -0.1) is 0 Å². The summed E-state index contributed by atoms with van der Waals surface area (Å²) in [6.07, 6.45) is 0. The fourth-order valence-corrected chi connectivity index (χ4v) is 2.11. The van der Waals surface area contributed by atoms with Crippen molar-refractivity contribution >= 4 is 40.5 Å². The van der Waals surface area contributed by atoms with Gasteiger partial charge in [0.15, 0.2) is 0 Å². The van der Waals surface area contributed by atoms with E-state index in [0.29, 0.717) is 27.0 Å². The molecule has 0 aliphatic heterocycles. The first-order valence-corrected chi connectivity index (χ1v) is 5.94. The van der Waals surface area contributed by atoms with Crippen molar-refractivity contribution in [3.63, 3.8) is 0 Å². The van der Waals surface area contributed by atoms with Gasteiger partial charge < -0.3 is 11.1 Å². The third-order valence-corrected chi connectivity index (χ3v) is 2.77. The van der Waals surface area contributed by atoms with Crippen molar-refractivity contribution in [1.82, 2.24) is 0 Å². The van der Waals surface area contributed by atoms with Gasteiger partial charge in [0.2, 0.25) is 0 Å². The summed E-state index contributed by atoms with van der Waals surface area (Å²) >= 11 is 11.8. The lowest BCUT2D eigenvalue weighted by atomic mass is 10.1. The molecule has 0 aromatic heterocycles. The number of primary amides is 1. The maximum absolute atomic E-state index is 11.3. The first-order chi connectivity index (χ1) is 8.56. The molecule has 3 N–H and O–H groups in total. The molecule has 2 aromatic carbocycles. The van der Waals surface area contributed by atoms with E-state index in [1.807, 2.05) is 0 Å². The first kappa shape index (κ1) is 12.7. The fourth-order valence-electron chi connectivity index (χ4n) is 1.59. The minimum Gasteiger partial charge on any atom is -0.366 e. The maximum atomic E-state index is 11.3. The zero-order valence-electron chi connectivity index (χ0n) is 9.28. The molecule has 0 unspecified atom stereocenters. The van der Waals surface area contributed by atoms with Crippen molar-refractivity contribution in [2.45, 2.75) is 0 Å². The van der Waals surface area contributed by atoms with E-state index in [2.05, 4.69) is 5.32 Å². The third-order valence-electron chi connectivity index (χ3n) is 2.33. The summed E-state index contributed by atoms with van der Waals surface area (Å²) in [5, 5.41) is 4.10. The number of benzene rings is 2. The Hall–Kier alpha value is -1.71. The van der Waals surface area contributed by atoms with Crippen LogP contribution in [0.3, 0.4) is 0 Å². The highest BCUT2D eigenvalue weighted by Crippen LogP contribution is 2.26. The fraction of sp³-hybridized carbons (Fsp3) is 0. The molecule has 2 aromatic rings. The predicted octanol–water partition coefficient (Wildman–Crippen LogP) is 3.84. The lowest BCUT2D eigenvalue weighted by Gasteiger charge is -2.10. The number of nitrogens with two attached hydrogens (primary N) is 1. The minimum absolute atomic E-state index is 0.411. The van der Waals surface area contributed by atoms with Crippen LogP contribution in [0.2, 0.25) is 10.0 Å². The average Bonchev–Trinajstić information content (AvgIpc) is 2.27. The van der Waals surface area contributed by atoms with Gasteiger partial charge >= 0.3 is 0 Å². The smallest absolute Gasteiger partial charge is 0.250 e. The molecule has 92 valence electrons. The summed E-state index contributed by atoms with van der Waals surface area (Å²) in [7, 11) is 0. The normalized spacial score (nSPS) is 10.1. The largest absolute Gasteiger partial charge is 0.366 e. The van der Waals surface area contributed by atoms with Crippen LogP contribution in [0.25, 0.3) is 0 Å². The molecule has 0 radical (unpaired) electrons. The van der Waals surface area contributed by atoms with Crippen LogP contribution in [0.5, 0.6) is 0 Å². The number of carbonyl (C=O) groups is 1. The second kappa shape index (κ2) is 5.29. The topological polar surface area (TPSA) is 55.1 Å². The van der Waals surface area contributed by atoms with E-state index in [4.69, 9.17) is 28.9 Å². The van der Waals surface area contributed by atoms with Crippen molar-refractivity contribution in [2.24, 2.45) is 5.73 Å². The van der Waals surface area contributed by atoms with Crippen molar-refractivity contribution in [2.75, 3.05) is 5.32 Å². The summed E-state index contributed by atoms with van der Waals surface area (Å²) in [5.74, 6) is -0.494. The molecule has 0 aliphatic carbocycles. The Bertz CT molecular complexity index is 579. The van der Waals surface area contributed by atoms with Gasteiger partial charge in [-0.25, -0.2) is 0 Å². The van der Waals surface area contributed by atoms with E-state index in [-0.39, 0.29) is 0 Å². The number of nitrogens with one attached hydrogen (secondary N) is 1. The lowest BCUT2D eigenvalue weighted by Crippen LogP contribution is -2.13. The van der Waals surface area contributed by atoms with Crippen LogP contribution in [0.1, 0.15) is 10.4 Å². The second-order valence-electron chi connectivity index (χ2n) is 3.69. The summed E-state index contributed by atoms with van der Waals surface area (Å²) in [6, 6.07) is 12.0. The van der Waals surface area contributed by atoms with Gasteiger partial charge in [-0.05, 0) is 30.3 Å². The van der Waals surface area contributed by atoms with Gasteiger partial charge in [0.05, 0.1) is 11.3 Å². The van der Waals surface area contributed by atoms with Gasteiger partial charge in [-0.2, -0.15) is 0 Å². The summed E-state index contributed by atoms with van der Waals surface area (Å²) in [4.78, 5) is 11.3. The minimum atomic E-state index is -0.494. The van der Waals surface area contributed by atoms with Crippen molar-refractivity contribution < 1.29 is 4.79 Å². The van der Waals surface area contributed by atoms with Crippen LogP contribution in [-0.4, -0.2) is 5.91 Å². The van der Waals surface area contributed by atoms with Gasteiger partial charge in [0.25, 0.3) is 5.91 Å². The summed E-state index contributed by atoms with van der Waals surface area (Å²) in [6.45, 7) is 0. The molecule has 0 spiro atoms. The molecule has 18 heavy (non-hydrogen) atoms. The number of rotatable bonds is 3. The Morgan fingerprint density at radius 2 is 1.67 bits per heavy atom. The predicted molar refractivity (Wildman–Crippen MR) is 74.7 cm³/mol. The van der Waals surface area contributed by atoms with E-state index < -0.39 is 5.91 Å². The molecule has 2 rings (SSSR count). The number of hydrogen-bond acceptors (Lipinski definition) is 2. The molecule has 1 amide bonds. The van der Waals surface area contributed by atoms with Crippen LogP contribution in [0.4, 0.5) is 11.4 Å². The van der Waals surface area contributed by atoms with E-state index in [0.717, 1.165) is 0 Å². The molecule has 0 aliphatic rings. The molecule has 0 fully saturated rings. The average molecular weight is 281 g/mol. The van der Waals surface area contributed by atoms with Gasteiger partial charge in [0.1, 0.15) is 0 Å². The SMILES string of the molecule is NC(=O)c1ccccc1Nc1cc(Cl)cc(Cl)c1. The van der Waals surface area contributed by atoms with Crippen LogP contribution in [-0.2, 0) is 0 Å². The first-order valence-electron chi connectivity index (χ1n) is 5.18. The lowest BCUT2D eigenvalue weighted by molar-refractivity contribution is 0.100. The molecule has 0 saturated carbocycles. The van der Waals surface area contributed by atoms with Crippen molar-refractivity contribution in [3.05, 3.63) is 58.1 Å². The van der Waals surface area contributed by atoms with Gasteiger partial charge in [-0.3, -0.25) is 4.79 Å². The van der Waals surface area contributed by atoms with Crippen LogP contribution in [0, 0.1) is 0 Å². The van der Waals surface area contributed by atoms with E-state index in [9.17, 15) is 4.79 Å². The molecule has 0 bridgehead atoms. The van der Waals surface area contributed by atoms with E-state index in [1.54, 1.807) is 42.5 Å². The molecule has 3 nitrogen and oxygen atoms in total. The number of carbonyl (C=O) groups excluding carboxylic acids is 1.